The van der Waals surface area contributed by atoms with Gasteiger partial charge in [-0.3, -0.25) is 9.69 Å². The number of morpholine rings is 1. The van der Waals surface area contributed by atoms with Crippen LogP contribution >= 0.6 is 11.8 Å². The van der Waals surface area contributed by atoms with Crippen molar-refractivity contribution in [3.63, 3.8) is 0 Å². The number of rotatable bonds is 10. The van der Waals surface area contributed by atoms with Gasteiger partial charge in [-0.2, -0.15) is 0 Å². The minimum Gasteiger partial charge on any atom is -0.385 e. The van der Waals surface area contributed by atoms with Gasteiger partial charge in [0.1, 0.15) is 5.60 Å². The topological polar surface area (TPSA) is 130 Å². The first-order chi connectivity index (χ1) is 18.8. The fraction of sp³-hybridized carbons (Fsp3) is 0.679. The molecule has 39 heavy (non-hydrogen) atoms. The number of primary amides is 1. The minimum absolute atomic E-state index is 0.170. The maximum Gasteiger partial charge on any atom is 0.350 e. The summed E-state index contributed by atoms with van der Waals surface area (Å²) in [7, 11) is 0. The molecule has 1 saturated carbocycles. The highest BCUT2D eigenvalue weighted by Gasteiger charge is 2.54. The number of nitrogens with one attached hydrogen (secondary N) is 1. The molecule has 1 aliphatic carbocycles. The molecule has 2 aliphatic heterocycles. The lowest BCUT2D eigenvalue weighted by Crippen LogP contribution is -2.61. The Bertz CT molecular complexity index is 990. The molecular formula is C28H43N5O5S. The largest absolute Gasteiger partial charge is 0.385 e. The third-order valence-corrected chi connectivity index (χ3v) is 8.72. The van der Waals surface area contributed by atoms with Crippen LogP contribution < -0.4 is 11.1 Å². The van der Waals surface area contributed by atoms with Gasteiger partial charge in [0, 0.05) is 42.9 Å². The van der Waals surface area contributed by atoms with Gasteiger partial charge in [-0.15, -0.1) is 5.06 Å². The van der Waals surface area contributed by atoms with Crippen LogP contribution in [0.5, 0.6) is 0 Å². The highest BCUT2D eigenvalue weighted by Crippen LogP contribution is 2.43. The van der Waals surface area contributed by atoms with Gasteiger partial charge in [0.25, 0.3) is 11.1 Å². The number of hydroxylamine groups is 2. The number of nitrogens with zero attached hydrogens (tertiary/aromatic N) is 3. The lowest BCUT2D eigenvalue weighted by Gasteiger charge is -2.46. The number of hydrogen-bond acceptors (Lipinski definition) is 8. The second-order valence-corrected chi connectivity index (χ2v) is 12.1. The molecule has 0 bridgehead atoms. The Morgan fingerprint density at radius 1 is 1.21 bits per heavy atom. The van der Waals surface area contributed by atoms with Gasteiger partial charge >= 0.3 is 6.03 Å². The van der Waals surface area contributed by atoms with E-state index in [1.165, 1.54) is 11.8 Å². The maximum absolute atomic E-state index is 13.1. The van der Waals surface area contributed by atoms with Crippen LogP contribution in [0.1, 0.15) is 62.7 Å². The van der Waals surface area contributed by atoms with Crippen molar-refractivity contribution in [1.29, 1.82) is 0 Å². The van der Waals surface area contributed by atoms with Crippen LogP contribution in [0.4, 0.5) is 4.79 Å². The number of benzene rings is 1. The average Bonchev–Trinajstić information content (AvgIpc) is 3.38. The molecule has 2 unspecified atom stereocenters. The second kappa shape index (κ2) is 13.8. The standard InChI is InChI=1S/C28H43N5O5S/c1-20(2)12-13-28(36,22-10-6-7-11-23(22)30-24(34)21-8-4-3-5-9-21)25-31-27(38-33(25)26(29)35)39-19-16-32-14-17-37-18-15-32/h3-5,8-9,20,22-23,25,36H,6-7,10-19H2,1-2H3,(H2,29,35)(H,30,34)/t22-,23+,25?,28?/m1/s1. The van der Waals surface area contributed by atoms with E-state index in [0.29, 0.717) is 29.6 Å². The van der Waals surface area contributed by atoms with Crippen LogP contribution in [0.2, 0.25) is 0 Å². The molecule has 0 spiro atoms. The fourth-order valence-corrected chi connectivity index (χ4v) is 6.54. The van der Waals surface area contributed by atoms with E-state index in [1.807, 2.05) is 18.2 Å². The van der Waals surface area contributed by atoms with Crippen LogP contribution in [-0.4, -0.2) is 88.6 Å². The van der Waals surface area contributed by atoms with Crippen molar-refractivity contribution in [3.05, 3.63) is 35.9 Å². The number of urea groups is 1. The van der Waals surface area contributed by atoms with Crippen molar-refractivity contribution < 1.29 is 24.3 Å². The highest BCUT2D eigenvalue weighted by molar-refractivity contribution is 8.13. The fourth-order valence-electron chi connectivity index (χ4n) is 5.71. The molecule has 11 heteroatoms. The van der Waals surface area contributed by atoms with Gasteiger partial charge in [-0.1, -0.05) is 56.7 Å². The van der Waals surface area contributed by atoms with Crippen LogP contribution in [0.25, 0.3) is 0 Å². The Kier molecular flexibility index (Phi) is 10.5. The van der Waals surface area contributed by atoms with Crippen LogP contribution in [-0.2, 0) is 9.57 Å². The van der Waals surface area contributed by atoms with E-state index in [4.69, 9.17) is 20.3 Å². The summed E-state index contributed by atoms with van der Waals surface area (Å²) in [5, 5.41) is 17.0. The molecular weight excluding hydrogens is 518 g/mol. The van der Waals surface area contributed by atoms with E-state index in [2.05, 4.69) is 24.1 Å². The molecule has 0 aromatic heterocycles. The Morgan fingerprint density at radius 3 is 2.62 bits per heavy atom. The predicted molar refractivity (Wildman–Crippen MR) is 152 cm³/mol. The molecule has 0 radical (unpaired) electrons. The zero-order valence-electron chi connectivity index (χ0n) is 23.1. The maximum atomic E-state index is 13.1. The highest BCUT2D eigenvalue weighted by atomic mass is 32.2. The van der Waals surface area contributed by atoms with Gasteiger partial charge in [-0.25, -0.2) is 9.79 Å². The number of aliphatic hydroxyl groups is 1. The van der Waals surface area contributed by atoms with Crippen molar-refractivity contribution >= 4 is 28.9 Å². The van der Waals surface area contributed by atoms with Crippen molar-refractivity contribution in [1.82, 2.24) is 15.3 Å². The first kappa shape index (κ1) is 29.6. The number of amides is 3. The van der Waals surface area contributed by atoms with Gasteiger partial charge in [0.15, 0.2) is 6.17 Å². The summed E-state index contributed by atoms with van der Waals surface area (Å²) in [5.41, 5.74) is 4.89. The van der Waals surface area contributed by atoms with Crippen molar-refractivity contribution in [2.24, 2.45) is 22.6 Å². The van der Waals surface area contributed by atoms with Gasteiger partial charge < -0.3 is 25.7 Å². The molecule has 4 rings (SSSR count). The summed E-state index contributed by atoms with van der Waals surface area (Å²) >= 11 is 1.41. The van der Waals surface area contributed by atoms with Gasteiger partial charge in [0.2, 0.25) is 0 Å². The zero-order valence-corrected chi connectivity index (χ0v) is 23.9. The third kappa shape index (κ3) is 7.65. The molecule has 2 heterocycles. The van der Waals surface area contributed by atoms with Crippen molar-refractivity contribution in [2.75, 3.05) is 38.6 Å². The number of carbonyl (C=O) groups is 2. The smallest absolute Gasteiger partial charge is 0.350 e. The molecule has 10 nitrogen and oxygen atoms in total. The number of carbonyl (C=O) groups excluding carboxylic acids is 2. The predicted octanol–water partition coefficient (Wildman–Crippen LogP) is 3.22. The number of aliphatic imine (C=N–C) groups is 1. The number of ether oxygens (including phenoxy) is 1. The Hall–Kier alpha value is -2.34. The zero-order chi connectivity index (χ0) is 27.8. The Morgan fingerprint density at radius 2 is 1.92 bits per heavy atom. The summed E-state index contributed by atoms with van der Waals surface area (Å²) in [5.74, 6) is 0.556. The van der Waals surface area contributed by atoms with E-state index < -0.39 is 17.8 Å². The summed E-state index contributed by atoms with van der Waals surface area (Å²) in [4.78, 5) is 38.5. The first-order valence-corrected chi connectivity index (χ1v) is 15.1. The SMILES string of the molecule is CC(C)CCC(O)(C1N=C(SCCN2CCOCC2)ON1C(N)=O)[C@@H]1CCCC[C@@H]1NC(=O)c1ccccc1. The number of nitrogens with two attached hydrogens (primary N) is 1. The lowest BCUT2D eigenvalue weighted by molar-refractivity contribution is -0.151. The molecule has 4 N–H and O–H groups in total. The van der Waals surface area contributed by atoms with Gasteiger partial charge in [0.05, 0.1) is 13.2 Å². The second-order valence-electron chi connectivity index (χ2n) is 11.1. The summed E-state index contributed by atoms with van der Waals surface area (Å²) < 4.78 is 5.42. The minimum atomic E-state index is -1.43. The average molecular weight is 562 g/mol. The van der Waals surface area contributed by atoms with E-state index in [9.17, 15) is 14.7 Å². The normalized spacial score (nSPS) is 25.6. The molecule has 3 aliphatic rings. The van der Waals surface area contributed by atoms with Crippen LogP contribution in [0.3, 0.4) is 0 Å². The van der Waals surface area contributed by atoms with Crippen molar-refractivity contribution in [3.8, 4) is 0 Å². The molecule has 2 fully saturated rings. The quantitative estimate of drug-likeness (QED) is 0.400. The van der Waals surface area contributed by atoms with Gasteiger partial charge in [-0.05, 0) is 43.7 Å². The van der Waals surface area contributed by atoms with E-state index in [0.717, 1.165) is 69.3 Å². The van der Waals surface area contributed by atoms with Crippen LogP contribution in [0, 0.1) is 11.8 Å². The molecule has 3 amide bonds. The molecule has 1 aromatic carbocycles. The first-order valence-electron chi connectivity index (χ1n) is 14.1. The number of thioether (sulfide) groups is 1. The molecule has 1 aromatic rings. The monoisotopic (exact) mass is 561 g/mol. The van der Waals surface area contributed by atoms with E-state index in [-0.39, 0.29) is 17.9 Å². The van der Waals surface area contributed by atoms with E-state index in [1.54, 1.807) is 12.1 Å². The molecule has 4 atom stereocenters. The van der Waals surface area contributed by atoms with Crippen molar-refractivity contribution in [2.45, 2.75) is 70.2 Å². The number of hydrogen-bond donors (Lipinski definition) is 3. The molecule has 216 valence electrons. The summed E-state index contributed by atoms with van der Waals surface area (Å²) in [6, 6.07) is 8.03. The van der Waals surface area contributed by atoms with E-state index >= 15 is 0 Å². The summed E-state index contributed by atoms with van der Waals surface area (Å²) in [6.07, 6.45) is 3.45. The van der Waals surface area contributed by atoms with Crippen LogP contribution in [0.15, 0.2) is 35.3 Å². The lowest BCUT2D eigenvalue weighted by atomic mass is 9.69. The Labute approximate surface area is 235 Å². The summed E-state index contributed by atoms with van der Waals surface area (Å²) in [6.45, 7) is 8.27. The molecule has 1 saturated heterocycles. The third-order valence-electron chi connectivity index (χ3n) is 7.91. The Balaban J connectivity index is 1.55.